The van der Waals surface area contributed by atoms with Gasteiger partial charge >= 0.3 is 11.9 Å². The minimum atomic E-state index is -0.391. The number of hydrogen-bond acceptors (Lipinski definition) is 7. The molecule has 2 aliphatic rings. The third kappa shape index (κ3) is 5.77. The van der Waals surface area contributed by atoms with Crippen LogP contribution in [0.1, 0.15) is 101 Å². The Balaban J connectivity index is 1.31. The number of hydrogen-bond donors (Lipinski definition) is 2. The largest absolute Gasteiger partial charge is 0.508 e. The standard InChI is InChI=1S/C30H38O6S/c1-29(2,3)23-15-17(7-13-25(23)31)19-9-11-21(19)27(33)35-37-36-28(34)22-12-10-20(22)18-8-14-26(32)24(16-18)30(4,5)6/h7-8,13-16,19-22,31-32H,9-12H2,1-6H3. The van der Waals surface area contributed by atoms with Gasteiger partial charge in [0.05, 0.1) is 11.8 Å². The summed E-state index contributed by atoms with van der Waals surface area (Å²) in [6.45, 7) is 12.3. The molecule has 200 valence electrons. The molecule has 2 saturated carbocycles. The lowest BCUT2D eigenvalue weighted by Crippen LogP contribution is -2.33. The Labute approximate surface area is 224 Å². The van der Waals surface area contributed by atoms with Crippen LogP contribution >= 0.6 is 12.3 Å². The molecule has 4 rings (SSSR count). The fourth-order valence-electron chi connectivity index (χ4n) is 5.34. The first-order chi connectivity index (χ1) is 17.3. The van der Waals surface area contributed by atoms with Crippen LogP contribution in [0.4, 0.5) is 0 Å². The van der Waals surface area contributed by atoms with Crippen LogP contribution < -0.4 is 0 Å². The molecular formula is C30H38O6S. The fourth-order valence-corrected chi connectivity index (χ4v) is 5.76. The van der Waals surface area contributed by atoms with Gasteiger partial charge in [-0.2, -0.15) is 0 Å². The maximum Gasteiger partial charge on any atom is 0.324 e. The second kappa shape index (κ2) is 10.2. The van der Waals surface area contributed by atoms with Crippen LogP contribution in [0.15, 0.2) is 36.4 Å². The number of rotatable bonds is 6. The molecule has 0 aromatic heterocycles. The molecular weight excluding hydrogens is 488 g/mol. The van der Waals surface area contributed by atoms with Gasteiger partial charge in [0.2, 0.25) is 0 Å². The van der Waals surface area contributed by atoms with E-state index in [9.17, 15) is 19.8 Å². The van der Waals surface area contributed by atoms with Gasteiger partial charge in [0, 0.05) is 0 Å². The Morgan fingerprint density at radius 2 is 1.08 bits per heavy atom. The van der Waals surface area contributed by atoms with E-state index in [1.165, 1.54) is 0 Å². The Morgan fingerprint density at radius 1 is 0.703 bits per heavy atom. The third-order valence-electron chi connectivity index (χ3n) is 7.90. The fraction of sp³-hybridized carbons (Fsp3) is 0.533. The minimum Gasteiger partial charge on any atom is -0.508 e. The molecule has 2 aliphatic carbocycles. The first kappa shape index (κ1) is 27.4. The van der Waals surface area contributed by atoms with Gasteiger partial charge in [-0.3, -0.25) is 9.59 Å². The quantitative estimate of drug-likeness (QED) is 0.390. The summed E-state index contributed by atoms with van der Waals surface area (Å²) < 4.78 is 10.6. The van der Waals surface area contributed by atoms with Crippen molar-refractivity contribution in [2.45, 2.75) is 89.9 Å². The van der Waals surface area contributed by atoms with E-state index < -0.39 is 11.9 Å². The van der Waals surface area contributed by atoms with E-state index >= 15 is 0 Å². The van der Waals surface area contributed by atoms with Gasteiger partial charge in [-0.15, -0.1) is 0 Å². The van der Waals surface area contributed by atoms with Gasteiger partial charge in [-0.05, 0) is 82.7 Å². The molecule has 2 aromatic carbocycles. The van der Waals surface area contributed by atoms with Crippen molar-refractivity contribution in [2.75, 3.05) is 0 Å². The van der Waals surface area contributed by atoms with Crippen LogP contribution in [0.25, 0.3) is 0 Å². The molecule has 2 fully saturated rings. The van der Waals surface area contributed by atoms with Crippen molar-refractivity contribution in [2.24, 2.45) is 11.8 Å². The lowest BCUT2D eigenvalue weighted by Gasteiger charge is -2.36. The third-order valence-corrected chi connectivity index (χ3v) is 8.36. The maximum atomic E-state index is 12.7. The Kier molecular flexibility index (Phi) is 7.57. The van der Waals surface area contributed by atoms with Crippen molar-refractivity contribution in [1.29, 1.82) is 0 Å². The van der Waals surface area contributed by atoms with E-state index in [0.29, 0.717) is 25.2 Å². The van der Waals surface area contributed by atoms with Crippen LogP contribution in [-0.4, -0.2) is 22.2 Å². The molecule has 0 bridgehead atoms. The Bertz CT molecular complexity index is 1080. The van der Waals surface area contributed by atoms with E-state index in [-0.39, 0.29) is 46.0 Å². The zero-order chi connectivity index (χ0) is 27.1. The van der Waals surface area contributed by atoms with E-state index in [1.54, 1.807) is 12.1 Å². The van der Waals surface area contributed by atoms with Crippen LogP contribution in [0.5, 0.6) is 11.5 Å². The topological polar surface area (TPSA) is 93.1 Å². The zero-order valence-electron chi connectivity index (χ0n) is 22.5. The molecule has 37 heavy (non-hydrogen) atoms. The minimum absolute atomic E-state index is 0.0213. The molecule has 0 radical (unpaired) electrons. The van der Waals surface area contributed by atoms with Crippen molar-refractivity contribution in [1.82, 2.24) is 0 Å². The van der Waals surface area contributed by atoms with Gasteiger partial charge in [-0.25, -0.2) is 0 Å². The van der Waals surface area contributed by atoms with Crippen LogP contribution in [-0.2, 0) is 28.8 Å². The van der Waals surface area contributed by atoms with Gasteiger partial charge < -0.3 is 18.6 Å². The number of benzene rings is 2. The second-order valence-electron chi connectivity index (χ2n) is 12.5. The van der Waals surface area contributed by atoms with Crippen molar-refractivity contribution >= 4 is 24.3 Å². The maximum absolute atomic E-state index is 12.7. The summed E-state index contributed by atoms with van der Waals surface area (Å²) >= 11 is 0.460. The molecule has 0 amide bonds. The molecule has 4 unspecified atom stereocenters. The van der Waals surface area contributed by atoms with E-state index in [0.717, 1.165) is 35.1 Å². The van der Waals surface area contributed by atoms with Gasteiger partial charge in [0.15, 0.2) is 0 Å². The number of aromatic hydroxyl groups is 2. The average molecular weight is 527 g/mol. The molecule has 0 saturated heterocycles. The second-order valence-corrected chi connectivity index (χ2v) is 13.0. The number of carbonyl (C=O) groups excluding carboxylic acids is 2. The first-order valence-corrected chi connectivity index (χ1v) is 13.7. The average Bonchev–Trinajstić information content (AvgIpc) is 2.73. The monoisotopic (exact) mass is 526 g/mol. The molecule has 0 spiro atoms. The van der Waals surface area contributed by atoms with Crippen LogP contribution in [0.3, 0.4) is 0 Å². The van der Waals surface area contributed by atoms with Gasteiger partial charge in [-0.1, -0.05) is 65.8 Å². The Hall–Kier alpha value is -2.67. The summed E-state index contributed by atoms with van der Waals surface area (Å²) in [5.74, 6) is -0.820. The highest BCUT2D eigenvalue weighted by atomic mass is 32.2. The van der Waals surface area contributed by atoms with Crippen LogP contribution in [0.2, 0.25) is 0 Å². The lowest BCUT2D eigenvalue weighted by molar-refractivity contribution is -0.144. The van der Waals surface area contributed by atoms with Crippen molar-refractivity contribution < 1.29 is 28.2 Å². The lowest BCUT2D eigenvalue weighted by atomic mass is 9.69. The summed E-state index contributed by atoms with van der Waals surface area (Å²) in [6, 6.07) is 11.1. The molecule has 6 nitrogen and oxygen atoms in total. The predicted octanol–water partition coefficient (Wildman–Crippen LogP) is 7.03. The van der Waals surface area contributed by atoms with E-state index in [2.05, 4.69) is 0 Å². The predicted molar refractivity (Wildman–Crippen MR) is 144 cm³/mol. The highest BCUT2D eigenvalue weighted by Gasteiger charge is 2.42. The molecule has 4 atom stereocenters. The van der Waals surface area contributed by atoms with Gasteiger partial charge in [0.25, 0.3) is 12.3 Å². The summed E-state index contributed by atoms with van der Waals surface area (Å²) in [7, 11) is 0. The van der Waals surface area contributed by atoms with Crippen molar-refractivity contribution in [3.63, 3.8) is 0 Å². The number of phenols is 2. The molecule has 0 aliphatic heterocycles. The van der Waals surface area contributed by atoms with Gasteiger partial charge in [0.1, 0.15) is 11.5 Å². The summed E-state index contributed by atoms with van der Waals surface area (Å²) in [5.41, 5.74) is 3.31. The number of carbonyl (C=O) groups is 2. The summed E-state index contributed by atoms with van der Waals surface area (Å²) in [6.07, 6.45) is 3.16. The molecule has 2 aromatic rings. The normalized spacial score (nSPS) is 23.5. The van der Waals surface area contributed by atoms with Crippen molar-refractivity contribution in [3.8, 4) is 11.5 Å². The van der Waals surface area contributed by atoms with Crippen molar-refractivity contribution in [3.05, 3.63) is 58.7 Å². The van der Waals surface area contributed by atoms with Crippen LogP contribution in [0, 0.1) is 11.8 Å². The number of phenolic OH excluding ortho intramolecular Hbond substituents is 2. The zero-order valence-corrected chi connectivity index (χ0v) is 23.4. The Morgan fingerprint density at radius 3 is 1.38 bits per heavy atom. The summed E-state index contributed by atoms with van der Waals surface area (Å²) in [5, 5.41) is 20.5. The molecule has 2 N–H and O–H groups in total. The highest BCUT2D eigenvalue weighted by molar-refractivity contribution is 7.90. The smallest absolute Gasteiger partial charge is 0.324 e. The summed E-state index contributed by atoms with van der Waals surface area (Å²) in [4.78, 5) is 25.5. The SMILES string of the molecule is CC(C)(C)c1cc(C2CCC2C(=O)OSOC(=O)C2CCC2c2ccc(O)c(C(C)(C)C)c2)ccc1O. The molecule has 0 heterocycles. The first-order valence-electron chi connectivity index (χ1n) is 13.0. The molecule has 7 heteroatoms. The van der Waals surface area contributed by atoms with E-state index in [1.807, 2.05) is 65.8 Å². The van der Waals surface area contributed by atoms with E-state index in [4.69, 9.17) is 8.37 Å². The highest BCUT2D eigenvalue weighted by Crippen LogP contribution is 2.47.